The van der Waals surface area contributed by atoms with E-state index in [0.29, 0.717) is 0 Å². The molecule has 2 aromatic carbocycles. The molecule has 1 aliphatic rings. The Hall–Kier alpha value is -2.26. The monoisotopic (exact) mass is 320 g/mol. The molecule has 4 rings (SSSR count). The fraction of sp³-hybridized carbons (Fsp3) is 0.333. The highest BCUT2D eigenvalue weighted by Crippen LogP contribution is 2.23. The molecule has 0 bridgehead atoms. The lowest BCUT2D eigenvalue weighted by Gasteiger charge is -2.15. The second kappa shape index (κ2) is 7.10. The van der Waals surface area contributed by atoms with E-state index >= 15 is 0 Å². The maximum atomic E-state index is 5.95. The van der Waals surface area contributed by atoms with Crippen molar-refractivity contribution in [2.24, 2.45) is 0 Å². The van der Waals surface area contributed by atoms with Crippen LogP contribution in [0.15, 0.2) is 60.8 Å². The Labute approximate surface area is 143 Å². The van der Waals surface area contributed by atoms with E-state index in [9.17, 15) is 0 Å². The second-order valence-corrected chi connectivity index (χ2v) is 6.55. The number of rotatable bonds is 6. The Bertz CT molecular complexity index is 788. The maximum absolute atomic E-state index is 5.95. The molecule has 3 aromatic rings. The summed E-state index contributed by atoms with van der Waals surface area (Å²) in [5.74, 6) is 0.971. The summed E-state index contributed by atoms with van der Waals surface area (Å²) >= 11 is 0. The Balaban J connectivity index is 1.42. The van der Waals surface area contributed by atoms with E-state index in [0.717, 1.165) is 25.4 Å². The number of likely N-dealkylation sites (tertiary alicyclic amines) is 1. The van der Waals surface area contributed by atoms with Gasteiger partial charge in [-0.2, -0.15) is 0 Å². The van der Waals surface area contributed by atoms with E-state index in [1.54, 1.807) is 0 Å². The van der Waals surface area contributed by atoms with Crippen molar-refractivity contribution in [2.75, 3.05) is 26.2 Å². The van der Waals surface area contributed by atoms with Crippen LogP contribution in [-0.4, -0.2) is 35.7 Å². The molecule has 0 unspecified atom stereocenters. The van der Waals surface area contributed by atoms with Gasteiger partial charge >= 0.3 is 0 Å². The summed E-state index contributed by atoms with van der Waals surface area (Å²) < 4.78 is 8.24. The SMILES string of the molecule is c1ccc(Cn2ccc3cc(OCCN4CCCC4)ccc32)cc1. The van der Waals surface area contributed by atoms with Crippen LogP contribution in [0.2, 0.25) is 0 Å². The minimum absolute atomic E-state index is 0.774. The molecule has 1 aliphatic heterocycles. The van der Waals surface area contributed by atoms with Crippen molar-refractivity contribution < 1.29 is 4.74 Å². The lowest BCUT2D eigenvalue weighted by molar-refractivity contribution is 0.238. The van der Waals surface area contributed by atoms with Crippen molar-refractivity contribution >= 4 is 10.9 Å². The molecule has 0 aliphatic carbocycles. The molecule has 0 radical (unpaired) electrons. The van der Waals surface area contributed by atoms with Gasteiger partial charge in [-0.25, -0.2) is 0 Å². The summed E-state index contributed by atoms with van der Waals surface area (Å²) in [6.45, 7) is 5.16. The molecule has 1 saturated heterocycles. The van der Waals surface area contributed by atoms with Crippen molar-refractivity contribution in [3.8, 4) is 5.75 Å². The average Bonchev–Trinajstić information content (AvgIpc) is 3.26. The van der Waals surface area contributed by atoms with Gasteiger partial charge in [-0.15, -0.1) is 0 Å². The van der Waals surface area contributed by atoms with Crippen molar-refractivity contribution in [1.29, 1.82) is 0 Å². The van der Waals surface area contributed by atoms with Crippen LogP contribution >= 0.6 is 0 Å². The Morgan fingerprint density at radius 2 is 1.75 bits per heavy atom. The van der Waals surface area contributed by atoms with Crippen molar-refractivity contribution in [1.82, 2.24) is 9.47 Å². The van der Waals surface area contributed by atoms with Crippen LogP contribution in [0.5, 0.6) is 5.75 Å². The predicted molar refractivity (Wildman–Crippen MR) is 98.7 cm³/mol. The van der Waals surface area contributed by atoms with E-state index in [1.165, 1.54) is 42.4 Å². The molecule has 1 aromatic heterocycles. The van der Waals surface area contributed by atoms with Crippen molar-refractivity contribution in [2.45, 2.75) is 19.4 Å². The van der Waals surface area contributed by atoms with Gasteiger partial charge in [0.2, 0.25) is 0 Å². The number of fused-ring (bicyclic) bond motifs is 1. The zero-order valence-corrected chi connectivity index (χ0v) is 14.0. The summed E-state index contributed by atoms with van der Waals surface area (Å²) in [6, 6.07) is 19.2. The standard InChI is InChI=1S/C21H24N2O/c1-2-6-18(7-3-1)17-23-13-10-19-16-20(8-9-21(19)23)24-15-14-22-11-4-5-12-22/h1-3,6-10,13,16H,4-5,11-12,14-15,17H2. The van der Waals surface area contributed by atoms with E-state index in [2.05, 4.69) is 70.3 Å². The van der Waals surface area contributed by atoms with Crippen molar-refractivity contribution in [3.63, 3.8) is 0 Å². The first-order valence-electron chi connectivity index (χ1n) is 8.86. The highest BCUT2D eigenvalue weighted by atomic mass is 16.5. The lowest BCUT2D eigenvalue weighted by Crippen LogP contribution is -2.25. The quantitative estimate of drug-likeness (QED) is 0.678. The smallest absolute Gasteiger partial charge is 0.120 e. The molecule has 24 heavy (non-hydrogen) atoms. The first-order chi connectivity index (χ1) is 11.9. The van der Waals surface area contributed by atoms with Crippen LogP contribution in [0, 0.1) is 0 Å². The number of nitrogens with zero attached hydrogens (tertiary/aromatic N) is 2. The molecule has 0 N–H and O–H groups in total. The van der Waals surface area contributed by atoms with E-state index in [-0.39, 0.29) is 0 Å². The Kier molecular flexibility index (Phi) is 4.52. The highest BCUT2D eigenvalue weighted by molar-refractivity contribution is 5.81. The number of hydrogen-bond acceptors (Lipinski definition) is 2. The van der Waals surface area contributed by atoms with Gasteiger partial charge in [-0.3, -0.25) is 4.90 Å². The van der Waals surface area contributed by atoms with E-state index in [4.69, 9.17) is 4.74 Å². The minimum Gasteiger partial charge on any atom is -0.492 e. The second-order valence-electron chi connectivity index (χ2n) is 6.55. The number of aromatic nitrogens is 1. The summed E-state index contributed by atoms with van der Waals surface area (Å²) in [7, 11) is 0. The fourth-order valence-corrected chi connectivity index (χ4v) is 3.48. The summed E-state index contributed by atoms with van der Waals surface area (Å²) in [4.78, 5) is 2.48. The van der Waals surface area contributed by atoms with Gasteiger partial charge in [0.15, 0.2) is 0 Å². The van der Waals surface area contributed by atoms with E-state index < -0.39 is 0 Å². The van der Waals surface area contributed by atoms with Gasteiger partial charge < -0.3 is 9.30 Å². The number of hydrogen-bond donors (Lipinski definition) is 0. The Morgan fingerprint density at radius 1 is 0.917 bits per heavy atom. The molecule has 2 heterocycles. The molecule has 0 amide bonds. The van der Waals surface area contributed by atoms with Crippen LogP contribution in [0.4, 0.5) is 0 Å². The first-order valence-corrected chi connectivity index (χ1v) is 8.86. The first kappa shape index (κ1) is 15.3. The third-order valence-electron chi connectivity index (χ3n) is 4.81. The molecule has 3 nitrogen and oxygen atoms in total. The maximum Gasteiger partial charge on any atom is 0.120 e. The predicted octanol–water partition coefficient (Wildman–Crippen LogP) is 4.16. The van der Waals surface area contributed by atoms with Gasteiger partial charge in [0.05, 0.1) is 0 Å². The highest BCUT2D eigenvalue weighted by Gasteiger charge is 2.11. The summed E-state index contributed by atoms with van der Waals surface area (Å²) in [6.07, 6.45) is 4.83. The largest absolute Gasteiger partial charge is 0.492 e. The number of benzene rings is 2. The summed E-state index contributed by atoms with van der Waals surface area (Å²) in [5.41, 5.74) is 2.58. The zero-order valence-electron chi connectivity index (χ0n) is 14.0. The van der Waals surface area contributed by atoms with Crippen molar-refractivity contribution in [3.05, 3.63) is 66.4 Å². The topological polar surface area (TPSA) is 17.4 Å². The Morgan fingerprint density at radius 3 is 2.58 bits per heavy atom. The molecule has 0 atom stereocenters. The fourth-order valence-electron chi connectivity index (χ4n) is 3.48. The number of ether oxygens (including phenoxy) is 1. The van der Waals surface area contributed by atoms with Gasteiger partial charge in [0.1, 0.15) is 12.4 Å². The van der Waals surface area contributed by atoms with Gasteiger partial charge in [0.25, 0.3) is 0 Å². The van der Waals surface area contributed by atoms with Gasteiger partial charge in [0, 0.05) is 30.2 Å². The van der Waals surface area contributed by atoms with Gasteiger partial charge in [-0.1, -0.05) is 30.3 Å². The molecule has 3 heteroatoms. The third kappa shape index (κ3) is 3.46. The normalized spacial score (nSPS) is 15.2. The third-order valence-corrected chi connectivity index (χ3v) is 4.81. The van der Waals surface area contributed by atoms with E-state index in [1.807, 2.05) is 0 Å². The zero-order chi connectivity index (χ0) is 16.2. The average molecular weight is 320 g/mol. The lowest BCUT2D eigenvalue weighted by atomic mass is 10.2. The van der Waals surface area contributed by atoms with Crippen LogP contribution in [0.1, 0.15) is 18.4 Å². The summed E-state index contributed by atoms with van der Waals surface area (Å²) in [5, 5.41) is 1.24. The molecule has 0 saturated carbocycles. The molecule has 1 fully saturated rings. The van der Waals surface area contributed by atoms with Crippen LogP contribution in [0.3, 0.4) is 0 Å². The molecular weight excluding hydrogens is 296 g/mol. The van der Waals surface area contributed by atoms with Crippen LogP contribution in [-0.2, 0) is 6.54 Å². The molecule has 124 valence electrons. The molecular formula is C21H24N2O. The van der Waals surface area contributed by atoms with Gasteiger partial charge in [-0.05, 0) is 55.8 Å². The van der Waals surface area contributed by atoms with Crippen LogP contribution < -0.4 is 4.74 Å². The molecule has 0 spiro atoms. The van der Waals surface area contributed by atoms with Crippen LogP contribution in [0.25, 0.3) is 10.9 Å². The minimum atomic E-state index is 0.774.